The number of aryl methyl sites for hydroxylation is 1. The number of fused-ring (bicyclic) bond motifs is 2. The van der Waals surface area contributed by atoms with Gasteiger partial charge in [0.25, 0.3) is 5.91 Å². The molecule has 1 aliphatic carbocycles. The summed E-state index contributed by atoms with van der Waals surface area (Å²) in [4.78, 5) is 17.4. The Bertz CT molecular complexity index is 629. The lowest BCUT2D eigenvalue weighted by Gasteiger charge is -2.33. The molecule has 6 heteroatoms. The van der Waals surface area contributed by atoms with Gasteiger partial charge in [-0.2, -0.15) is 0 Å². The first-order chi connectivity index (χ1) is 11.6. The maximum atomic E-state index is 13.0. The Morgan fingerprint density at radius 2 is 1.92 bits per heavy atom. The van der Waals surface area contributed by atoms with Gasteiger partial charge in [-0.1, -0.05) is 6.92 Å². The molecule has 0 unspecified atom stereocenters. The average molecular weight is 367 g/mol. The van der Waals surface area contributed by atoms with Gasteiger partial charge in [0.05, 0.1) is 4.08 Å². The predicted octanol–water partition coefficient (Wildman–Crippen LogP) is 3.33. The number of rotatable bonds is 2. The minimum atomic E-state index is 0.0980. The third kappa shape index (κ3) is 2.71. The van der Waals surface area contributed by atoms with E-state index in [1.807, 2.05) is 4.90 Å². The lowest BCUT2D eigenvalue weighted by Crippen LogP contribution is -2.48. The molecule has 2 aliphatic heterocycles. The predicted molar refractivity (Wildman–Crippen MR) is 101 cm³/mol. The summed E-state index contributed by atoms with van der Waals surface area (Å²) in [6, 6.07) is 0. The molecule has 0 aromatic carbocycles. The first-order valence-corrected chi connectivity index (χ1v) is 11.0. The molecule has 0 atom stereocenters. The third-order valence-electron chi connectivity index (χ3n) is 5.57. The van der Waals surface area contributed by atoms with E-state index in [1.165, 1.54) is 29.9 Å². The van der Waals surface area contributed by atoms with Crippen molar-refractivity contribution in [3.8, 4) is 0 Å². The summed E-state index contributed by atoms with van der Waals surface area (Å²) < 4.78 is 6.31. The maximum absolute atomic E-state index is 13.0. The second-order valence-corrected chi connectivity index (χ2v) is 9.93. The fourth-order valence-corrected chi connectivity index (χ4v) is 7.77. The number of carbonyl (C=O) groups excluding carboxylic acids is 1. The quantitative estimate of drug-likeness (QED) is 0.802. The number of furan rings is 1. The molecule has 24 heavy (non-hydrogen) atoms. The summed E-state index contributed by atoms with van der Waals surface area (Å²) >= 11 is 4.12. The highest BCUT2D eigenvalue weighted by molar-refractivity contribution is 8.20. The van der Waals surface area contributed by atoms with Crippen molar-refractivity contribution in [1.29, 1.82) is 0 Å². The molecule has 4 rings (SSSR count). The molecule has 2 saturated heterocycles. The van der Waals surface area contributed by atoms with E-state index in [2.05, 4.69) is 42.3 Å². The Balaban J connectivity index is 1.61. The molecule has 0 saturated carbocycles. The van der Waals surface area contributed by atoms with E-state index in [9.17, 15) is 4.79 Å². The van der Waals surface area contributed by atoms with Crippen LogP contribution in [0, 0.1) is 6.92 Å². The van der Waals surface area contributed by atoms with Crippen molar-refractivity contribution >= 4 is 29.4 Å². The molecule has 4 nitrogen and oxygen atoms in total. The van der Waals surface area contributed by atoms with E-state index in [0.29, 0.717) is 5.76 Å². The highest BCUT2D eigenvalue weighted by Crippen LogP contribution is 2.59. The van der Waals surface area contributed by atoms with Gasteiger partial charge in [0.1, 0.15) is 5.76 Å². The molecule has 1 amide bonds. The molecule has 1 aromatic rings. The van der Waals surface area contributed by atoms with Crippen LogP contribution in [0.5, 0.6) is 0 Å². The lowest BCUT2D eigenvalue weighted by atomic mass is 9.94. The molecule has 0 radical (unpaired) electrons. The summed E-state index contributed by atoms with van der Waals surface area (Å²) in [5.74, 6) is 4.20. The normalized spacial score (nSPS) is 23.7. The molecule has 2 fully saturated rings. The molecule has 1 spiro atoms. The minimum Gasteiger partial charge on any atom is -0.455 e. The van der Waals surface area contributed by atoms with Crippen LogP contribution in [0.25, 0.3) is 0 Å². The van der Waals surface area contributed by atoms with Crippen LogP contribution in [-0.2, 0) is 10.5 Å². The molecule has 1 aromatic heterocycles. The number of hydrogen-bond donors (Lipinski definition) is 0. The van der Waals surface area contributed by atoms with Crippen LogP contribution in [0.1, 0.15) is 47.2 Å². The van der Waals surface area contributed by atoms with Gasteiger partial charge < -0.3 is 14.2 Å². The molecular weight excluding hydrogens is 340 g/mol. The average Bonchev–Trinajstić information content (AvgIpc) is 3.20. The second-order valence-electron chi connectivity index (χ2n) is 6.88. The fourth-order valence-electron chi connectivity index (χ4n) is 4.21. The Kier molecular flexibility index (Phi) is 4.65. The van der Waals surface area contributed by atoms with Crippen LogP contribution in [0.3, 0.4) is 0 Å². The molecule has 3 heterocycles. The van der Waals surface area contributed by atoms with E-state index in [-0.39, 0.29) is 9.99 Å². The molecule has 0 bridgehead atoms. The van der Waals surface area contributed by atoms with Crippen LogP contribution in [0.15, 0.2) is 4.42 Å². The number of likely N-dealkylation sites (N-methyl/N-ethyl adjacent to an activating group) is 1. The largest absolute Gasteiger partial charge is 0.455 e. The smallest absolute Gasteiger partial charge is 0.289 e. The summed E-state index contributed by atoms with van der Waals surface area (Å²) in [7, 11) is 0. The maximum Gasteiger partial charge on any atom is 0.289 e. The number of carbonyl (C=O) groups is 1. The van der Waals surface area contributed by atoms with Crippen molar-refractivity contribution in [2.75, 3.05) is 44.2 Å². The van der Waals surface area contributed by atoms with Gasteiger partial charge in [0.2, 0.25) is 0 Å². The van der Waals surface area contributed by atoms with Crippen molar-refractivity contribution in [1.82, 2.24) is 9.80 Å². The fraction of sp³-hybridized carbons (Fsp3) is 0.722. The Labute approximate surface area is 152 Å². The third-order valence-corrected chi connectivity index (χ3v) is 9.10. The lowest BCUT2D eigenvalue weighted by molar-refractivity contribution is 0.0609. The zero-order valence-corrected chi connectivity index (χ0v) is 16.2. The van der Waals surface area contributed by atoms with E-state index >= 15 is 0 Å². The zero-order valence-electron chi connectivity index (χ0n) is 14.6. The minimum absolute atomic E-state index is 0.0980. The Morgan fingerprint density at radius 3 is 2.58 bits per heavy atom. The SMILES string of the molecule is CCN1CCN(C(=O)c2oc3c(c2C)C2(CCC3)SCCS2)CC1. The Morgan fingerprint density at radius 1 is 1.21 bits per heavy atom. The van der Waals surface area contributed by atoms with Crippen LogP contribution in [-0.4, -0.2) is 59.9 Å². The first-order valence-electron chi connectivity index (χ1n) is 9.07. The standard InChI is InChI=1S/C18H26N2O2S2/c1-3-19-7-9-20(10-8-19)17(21)16-13(2)15-14(22-16)5-4-6-18(15)23-11-12-24-18/h3-12H2,1-2H3. The van der Waals surface area contributed by atoms with Crippen LogP contribution in [0.2, 0.25) is 0 Å². The number of hydrogen-bond acceptors (Lipinski definition) is 5. The molecule has 0 N–H and O–H groups in total. The summed E-state index contributed by atoms with van der Waals surface area (Å²) in [6.07, 6.45) is 3.36. The summed E-state index contributed by atoms with van der Waals surface area (Å²) in [6.45, 7) is 8.91. The molecule has 3 aliphatic rings. The van der Waals surface area contributed by atoms with E-state index in [4.69, 9.17) is 4.42 Å². The summed E-state index contributed by atoms with van der Waals surface area (Å²) in [5, 5.41) is 0. The van der Waals surface area contributed by atoms with Crippen LogP contribution >= 0.6 is 23.5 Å². The van der Waals surface area contributed by atoms with Crippen molar-refractivity contribution < 1.29 is 9.21 Å². The van der Waals surface area contributed by atoms with Crippen LogP contribution in [0.4, 0.5) is 0 Å². The van der Waals surface area contributed by atoms with E-state index in [0.717, 1.165) is 50.5 Å². The monoisotopic (exact) mass is 366 g/mol. The first kappa shape index (κ1) is 16.9. The van der Waals surface area contributed by atoms with Crippen LogP contribution < -0.4 is 0 Å². The van der Waals surface area contributed by atoms with E-state index in [1.54, 1.807) is 0 Å². The van der Waals surface area contributed by atoms with Crippen molar-refractivity contribution in [3.63, 3.8) is 0 Å². The van der Waals surface area contributed by atoms with Crippen molar-refractivity contribution in [2.45, 2.75) is 37.2 Å². The van der Waals surface area contributed by atoms with Crippen molar-refractivity contribution in [3.05, 3.63) is 22.6 Å². The van der Waals surface area contributed by atoms with Gasteiger partial charge >= 0.3 is 0 Å². The number of nitrogens with zero attached hydrogens (tertiary/aromatic N) is 2. The number of amides is 1. The summed E-state index contributed by atoms with van der Waals surface area (Å²) in [5.41, 5.74) is 2.45. The topological polar surface area (TPSA) is 36.7 Å². The zero-order chi connectivity index (χ0) is 16.7. The van der Waals surface area contributed by atoms with Crippen molar-refractivity contribution in [2.24, 2.45) is 0 Å². The van der Waals surface area contributed by atoms with E-state index < -0.39 is 0 Å². The highest BCUT2D eigenvalue weighted by Gasteiger charge is 2.45. The van der Waals surface area contributed by atoms with Gasteiger partial charge in [0, 0.05) is 55.2 Å². The van der Waals surface area contributed by atoms with Gasteiger partial charge in [-0.15, -0.1) is 23.5 Å². The van der Waals surface area contributed by atoms with Gasteiger partial charge in [-0.05, 0) is 26.3 Å². The Hall–Kier alpha value is -0.590. The van der Waals surface area contributed by atoms with Gasteiger partial charge in [0.15, 0.2) is 5.76 Å². The van der Waals surface area contributed by atoms with Gasteiger partial charge in [-0.3, -0.25) is 4.79 Å². The number of piperazine rings is 1. The highest BCUT2D eigenvalue weighted by atomic mass is 32.2. The number of thioether (sulfide) groups is 2. The molecular formula is C18H26N2O2S2. The molecule has 132 valence electrons. The van der Waals surface area contributed by atoms with Gasteiger partial charge in [-0.25, -0.2) is 0 Å². The second kappa shape index (κ2) is 6.61.